The van der Waals surface area contributed by atoms with Gasteiger partial charge in [-0.15, -0.1) is 0 Å². The number of aryl methyl sites for hydroxylation is 2. The third kappa shape index (κ3) is 4.15. The second kappa shape index (κ2) is 8.81. The molecule has 6 heteroatoms. The van der Waals surface area contributed by atoms with E-state index in [4.69, 9.17) is 4.74 Å². The van der Waals surface area contributed by atoms with Crippen LogP contribution in [0.2, 0.25) is 0 Å². The summed E-state index contributed by atoms with van der Waals surface area (Å²) in [6.07, 6.45) is 0. The fourth-order valence-corrected chi connectivity index (χ4v) is 4.11. The van der Waals surface area contributed by atoms with E-state index in [2.05, 4.69) is 35.3 Å². The Kier molecular flexibility index (Phi) is 5.97. The van der Waals surface area contributed by atoms with Crippen LogP contribution in [0, 0.1) is 6.92 Å². The minimum absolute atomic E-state index is 0.0514. The lowest BCUT2D eigenvalue weighted by Crippen LogP contribution is -2.44. The lowest BCUT2D eigenvalue weighted by Gasteiger charge is -2.35. The minimum Gasteiger partial charge on any atom is -0.379 e. The lowest BCUT2D eigenvalue weighted by molar-refractivity contribution is 0.0162. The van der Waals surface area contributed by atoms with E-state index in [-0.39, 0.29) is 17.5 Å². The van der Waals surface area contributed by atoms with Crippen LogP contribution >= 0.6 is 0 Å². The van der Waals surface area contributed by atoms with Crippen LogP contribution in [0.15, 0.2) is 59.4 Å². The van der Waals surface area contributed by atoms with E-state index in [0.717, 1.165) is 24.0 Å². The second-order valence-electron chi connectivity index (χ2n) is 7.76. The van der Waals surface area contributed by atoms with E-state index in [0.29, 0.717) is 25.3 Å². The zero-order valence-corrected chi connectivity index (χ0v) is 17.4. The van der Waals surface area contributed by atoms with Crippen molar-refractivity contribution in [3.63, 3.8) is 0 Å². The van der Waals surface area contributed by atoms with Crippen LogP contribution in [-0.2, 0) is 11.8 Å². The summed E-state index contributed by atoms with van der Waals surface area (Å²) in [6, 6.07) is 17.4. The predicted octanol–water partition coefficient (Wildman–Crippen LogP) is 2.65. The number of pyridine rings is 1. The average molecular weight is 405 g/mol. The third-order valence-electron chi connectivity index (χ3n) is 5.77. The molecule has 1 unspecified atom stereocenters. The van der Waals surface area contributed by atoms with Crippen LogP contribution in [0.4, 0.5) is 0 Å². The van der Waals surface area contributed by atoms with Gasteiger partial charge in [0.1, 0.15) is 0 Å². The number of ether oxygens (including phenoxy) is 1. The molecule has 3 aromatic rings. The summed E-state index contributed by atoms with van der Waals surface area (Å²) >= 11 is 0. The molecular formula is C24H27N3O3. The number of morpholine rings is 1. The number of carbonyl (C=O) groups excluding carboxylic acids is 1. The maximum atomic E-state index is 13.1. The van der Waals surface area contributed by atoms with Crippen molar-refractivity contribution >= 4 is 16.8 Å². The van der Waals surface area contributed by atoms with Crippen molar-refractivity contribution in [3.8, 4) is 0 Å². The van der Waals surface area contributed by atoms with Gasteiger partial charge in [0.25, 0.3) is 11.5 Å². The summed E-state index contributed by atoms with van der Waals surface area (Å²) < 4.78 is 7.08. The van der Waals surface area contributed by atoms with E-state index < -0.39 is 0 Å². The Balaban J connectivity index is 1.61. The standard InChI is InChI=1S/C24H27N3O3/c1-17-6-5-7-18(14-17)22(27-10-12-30-13-11-27)16-25-24(29)20-15-23(28)26(2)21-9-4-3-8-19(20)21/h3-9,14-15,22H,10-13,16H2,1-2H3,(H,25,29). The highest BCUT2D eigenvalue weighted by Crippen LogP contribution is 2.23. The largest absolute Gasteiger partial charge is 0.379 e. The first-order chi connectivity index (χ1) is 14.5. The van der Waals surface area contributed by atoms with Crippen LogP contribution < -0.4 is 10.9 Å². The first kappa shape index (κ1) is 20.3. The summed E-state index contributed by atoms with van der Waals surface area (Å²) in [5, 5.41) is 3.86. The molecule has 1 atom stereocenters. The second-order valence-corrected chi connectivity index (χ2v) is 7.76. The Morgan fingerprint density at radius 1 is 1.10 bits per heavy atom. The van der Waals surface area contributed by atoms with Gasteiger partial charge in [-0.05, 0) is 18.6 Å². The summed E-state index contributed by atoms with van der Waals surface area (Å²) in [7, 11) is 1.72. The molecule has 1 amide bonds. The van der Waals surface area contributed by atoms with Crippen LogP contribution in [0.5, 0.6) is 0 Å². The van der Waals surface area contributed by atoms with Gasteiger partial charge in [0.05, 0.1) is 30.3 Å². The first-order valence-corrected chi connectivity index (χ1v) is 10.3. The van der Waals surface area contributed by atoms with Crippen molar-refractivity contribution < 1.29 is 9.53 Å². The molecule has 0 saturated carbocycles. The van der Waals surface area contributed by atoms with Gasteiger partial charge in [-0.25, -0.2) is 0 Å². The van der Waals surface area contributed by atoms with Crippen molar-refractivity contribution in [1.29, 1.82) is 0 Å². The van der Waals surface area contributed by atoms with Gasteiger partial charge in [-0.1, -0.05) is 48.0 Å². The van der Waals surface area contributed by atoms with Gasteiger partial charge in [-0.3, -0.25) is 14.5 Å². The highest BCUT2D eigenvalue weighted by Gasteiger charge is 2.24. The van der Waals surface area contributed by atoms with Gasteiger partial charge in [0.2, 0.25) is 0 Å². The molecule has 2 aromatic carbocycles. The van der Waals surface area contributed by atoms with Gasteiger partial charge >= 0.3 is 0 Å². The monoisotopic (exact) mass is 405 g/mol. The molecule has 1 aromatic heterocycles. The van der Waals surface area contributed by atoms with Crippen molar-refractivity contribution in [2.24, 2.45) is 7.05 Å². The lowest BCUT2D eigenvalue weighted by atomic mass is 10.0. The Morgan fingerprint density at radius 2 is 1.87 bits per heavy atom. The maximum Gasteiger partial charge on any atom is 0.252 e. The zero-order valence-electron chi connectivity index (χ0n) is 17.4. The van der Waals surface area contributed by atoms with Gasteiger partial charge in [0.15, 0.2) is 0 Å². The highest BCUT2D eigenvalue weighted by atomic mass is 16.5. The predicted molar refractivity (Wildman–Crippen MR) is 118 cm³/mol. The van der Waals surface area contributed by atoms with Crippen LogP contribution in [0.25, 0.3) is 10.9 Å². The minimum atomic E-state index is -0.227. The number of nitrogens with one attached hydrogen (secondary N) is 1. The van der Waals surface area contributed by atoms with Crippen molar-refractivity contribution in [3.05, 3.63) is 81.6 Å². The smallest absolute Gasteiger partial charge is 0.252 e. The molecule has 1 N–H and O–H groups in total. The molecule has 30 heavy (non-hydrogen) atoms. The average Bonchev–Trinajstić information content (AvgIpc) is 2.77. The van der Waals surface area contributed by atoms with Crippen molar-refractivity contribution in [2.75, 3.05) is 32.8 Å². The van der Waals surface area contributed by atoms with E-state index in [1.165, 1.54) is 17.2 Å². The molecule has 1 aliphatic rings. The number of hydrogen-bond acceptors (Lipinski definition) is 4. The summed E-state index contributed by atoms with van der Waals surface area (Å²) in [6.45, 7) is 5.56. The molecule has 1 aliphatic heterocycles. The van der Waals surface area contributed by atoms with Gasteiger partial charge < -0.3 is 14.6 Å². The highest BCUT2D eigenvalue weighted by molar-refractivity contribution is 6.06. The summed E-state index contributed by atoms with van der Waals surface area (Å²) in [5.74, 6) is -0.227. The number of fused-ring (bicyclic) bond motifs is 1. The Labute approximate surface area is 176 Å². The first-order valence-electron chi connectivity index (χ1n) is 10.3. The fraction of sp³-hybridized carbons (Fsp3) is 0.333. The topological polar surface area (TPSA) is 63.6 Å². The van der Waals surface area contributed by atoms with Crippen molar-refractivity contribution in [2.45, 2.75) is 13.0 Å². The molecular weight excluding hydrogens is 378 g/mol. The van der Waals surface area contributed by atoms with E-state index in [1.54, 1.807) is 11.6 Å². The van der Waals surface area contributed by atoms with Gasteiger partial charge in [0, 0.05) is 38.1 Å². The van der Waals surface area contributed by atoms with E-state index >= 15 is 0 Å². The van der Waals surface area contributed by atoms with E-state index in [9.17, 15) is 9.59 Å². The molecule has 6 nitrogen and oxygen atoms in total. The molecule has 0 bridgehead atoms. The summed E-state index contributed by atoms with van der Waals surface area (Å²) in [4.78, 5) is 27.8. The Hall–Kier alpha value is -2.96. The molecule has 0 aliphatic carbocycles. The van der Waals surface area contributed by atoms with Crippen LogP contribution in [-0.4, -0.2) is 48.2 Å². The van der Waals surface area contributed by atoms with Crippen LogP contribution in [0.1, 0.15) is 27.5 Å². The number of amides is 1. The summed E-state index contributed by atoms with van der Waals surface area (Å²) in [5.41, 5.74) is 3.33. The maximum absolute atomic E-state index is 13.1. The normalized spacial score (nSPS) is 15.8. The number of aromatic nitrogens is 1. The molecule has 1 fully saturated rings. The Bertz CT molecular complexity index is 1120. The molecule has 0 spiro atoms. The number of para-hydroxylation sites is 1. The number of benzene rings is 2. The third-order valence-corrected chi connectivity index (χ3v) is 5.77. The van der Waals surface area contributed by atoms with Crippen molar-refractivity contribution in [1.82, 2.24) is 14.8 Å². The van der Waals surface area contributed by atoms with Gasteiger partial charge in [-0.2, -0.15) is 0 Å². The quantitative estimate of drug-likeness (QED) is 0.709. The SMILES string of the molecule is Cc1cccc(C(CNC(=O)c2cc(=O)n(C)c3ccccc23)N2CCOCC2)c1. The molecule has 4 rings (SSSR count). The number of hydrogen-bond donors (Lipinski definition) is 1. The Morgan fingerprint density at radius 3 is 2.63 bits per heavy atom. The molecule has 2 heterocycles. The van der Waals surface area contributed by atoms with E-state index in [1.807, 2.05) is 30.3 Å². The fourth-order valence-electron chi connectivity index (χ4n) is 4.11. The molecule has 156 valence electrons. The molecule has 1 saturated heterocycles. The number of carbonyl (C=O) groups is 1. The number of nitrogens with zero attached hydrogens (tertiary/aromatic N) is 2. The molecule has 0 radical (unpaired) electrons. The number of rotatable bonds is 5. The zero-order chi connectivity index (χ0) is 21.1. The van der Waals surface area contributed by atoms with Crippen LogP contribution in [0.3, 0.4) is 0 Å².